The van der Waals surface area contributed by atoms with Crippen molar-refractivity contribution in [3.05, 3.63) is 29.6 Å². The van der Waals surface area contributed by atoms with Gasteiger partial charge in [0.25, 0.3) is 0 Å². The second-order valence-electron chi connectivity index (χ2n) is 5.91. The smallest absolute Gasteiger partial charge is 0.0914 e. The molecule has 17 heavy (non-hydrogen) atoms. The van der Waals surface area contributed by atoms with Crippen LogP contribution in [0, 0.1) is 18.8 Å². The van der Waals surface area contributed by atoms with Gasteiger partial charge in [0.1, 0.15) is 0 Å². The average Bonchev–Trinajstić information content (AvgIpc) is 3.13. The Morgan fingerprint density at radius 2 is 2.06 bits per heavy atom. The van der Waals surface area contributed by atoms with E-state index < -0.39 is 5.60 Å². The molecule has 0 aliphatic heterocycles. The highest BCUT2D eigenvalue weighted by molar-refractivity contribution is 5.21. The fraction of sp³-hybridized carbons (Fsp3) is 0.667. The molecule has 2 fully saturated rings. The summed E-state index contributed by atoms with van der Waals surface area (Å²) < 4.78 is 0. The molecule has 1 aromatic heterocycles. The van der Waals surface area contributed by atoms with E-state index in [4.69, 9.17) is 0 Å². The Balaban J connectivity index is 1.81. The maximum atomic E-state index is 10.8. The van der Waals surface area contributed by atoms with Crippen molar-refractivity contribution in [3.8, 4) is 0 Å². The van der Waals surface area contributed by atoms with Crippen LogP contribution < -0.4 is 0 Å². The van der Waals surface area contributed by atoms with Gasteiger partial charge in [0, 0.05) is 17.5 Å². The molecule has 2 atom stereocenters. The summed E-state index contributed by atoms with van der Waals surface area (Å²) in [6, 6.07) is 4.06. The normalized spacial score (nSPS) is 33.6. The zero-order valence-electron chi connectivity index (χ0n) is 10.5. The van der Waals surface area contributed by atoms with Crippen LogP contribution in [-0.2, 0) is 5.60 Å². The molecule has 92 valence electrons. The van der Waals surface area contributed by atoms with E-state index >= 15 is 0 Å². The van der Waals surface area contributed by atoms with Crippen LogP contribution >= 0.6 is 0 Å². The first-order valence-corrected chi connectivity index (χ1v) is 6.83. The van der Waals surface area contributed by atoms with E-state index in [0.717, 1.165) is 42.4 Å². The van der Waals surface area contributed by atoms with E-state index in [0.29, 0.717) is 0 Å². The quantitative estimate of drug-likeness (QED) is 0.848. The summed E-state index contributed by atoms with van der Waals surface area (Å²) in [5.41, 5.74) is 1.44. The van der Waals surface area contributed by atoms with E-state index in [9.17, 15) is 5.11 Å². The summed E-state index contributed by atoms with van der Waals surface area (Å²) in [4.78, 5) is 4.33. The molecular weight excluding hydrogens is 210 g/mol. The van der Waals surface area contributed by atoms with Gasteiger partial charge in [-0.1, -0.05) is 6.07 Å². The Morgan fingerprint density at radius 3 is 2.71 bits per heavy atom. The summed E-state index contributed by atoms with van der Waals surface area (Å²) in [7, 11) is 0. The second kappa shape index (κ2) is 4.09. The van der Waals surface area contributed by atoms with Gasteiger partial charge in [-0.3, -0.25) is 4.98 Å². The number of aromatic nitrogens is 1. The molecular formula is C15H21NO. The highest BCUT2D eigenvalue weighted by Gasteiger charge is 2.41. The van der Waals surface area contributed by atoms with Crippen LogP contribution in [0.4, 0.5) is 0 Å². The van der Waals surface area contributed by atoms with E-state index in [2.05, 4.69) is 11.1 Å². The minimum Gasteiger partial charge on any atom is -0.385 e. The second-order valence-corrected chi connectivity index (χ2v) is 5.91. The van der Waals surface area contributed by atoms with Crippen LogP contribution in [0.25, 0.3) is 0 Å². The number of aryl methyl sites for hydroxylation is 1. The van der Waals surface area contributed by atoms with E-state index in [1.54, 1.807) is 0 Å². The van der Waals surface area contributed by atoms with E-state index in [-0.39, 0.29) is 0 Å². The Bertz CT molecular complexity index is 396. The van der Waals surface area contributed by atoms with Gasteiger partial charge in [-0.25, -0.2) is 0 Å². The van der Waals surface area contributed by atoms with Gasteiger partial charge in [0.05, 0.1) is 5.60 Å². The van der Waals surface area contributed by atoms with Crippen molar-refractivity contribution in [1.82, 2.24) is 4.98 Å². The highest BCUT2D eigenvalue weighted by atomic mass is 16.3. The Morgan fingerprint density at radius 1 is 1.24 bits per heavy atom. The van der Waals surface area contributed by atoms with Crippen molar-refractivity contribution in [2.45, 2.75) is 51.0 Å². The largest absolute Gasteiger partial charge is 0.385 e. The SMILES string of the molecule is Cc1ccc(C2(O)CCCC(C3CC3)C2)cn1. The molecule has 2 saturated carbocycles. The molecule has 2 heteroatoms. The third kappa shape index (κ3) is 2.23. The van der Waals surface area contributed by atoms with Gasteiger partial charge in [0.15, 0.2) is 0 Å². The average molecular weight is 231 g/mol. The lowest BCUT2D eigenvalue weighted by Crippen LogP contribution is -2.33. The monoisotopic (exact) mass is 231 g/mol. The van der Waals surface area contributed by atoms with Crippen molar-refractivity contribution < 1.29 is 5.11 Å². The zero-order chi connectivity index (χ0) is 11.9. The first-order valence-electron chi connectivity index (χ1n) is 6.83. The molecule has 1 aromatic rings. The van der Waals surface area contributed by atoms with Crippen LogP contribution in [0.5, 0.6) is 0 Å². The lowest BCUT2D eigenvalue weighted by Gasteiger charge is -2.37. The molecule has 1 N–H and O–H groups in total. The molecule has 0 aromatic carbocycles. The number of hydrogen-bond donors (Lipinski definition) is 1. The first-order chi connectivity index (χ1) is 8.17. The fourth-order valence-corrected chi connectivity index (χ4v) is 3.27. The third-order valence-electron chi connectivity index (χ3n) is 4.50. The minimum absolute atomic E-state index is 0.605. The number of rotatable bonds is 2. The molecule has 2 unspecified atom stereocenters. The highest BCUT2D eigenvalue weighted by Crippen LogP contribution is 2.49. The standard InChI is InChI=1S/C15H21NO/c1-11-4-7-14(10-16-11)15(17)8-2-3-13(9-15)12-5-6-12/h4,7,10,12-13,17H,2-3,5-6,8-9H2,1H3. The van der Waals surface area contributed by atoms with Crippen LogP contribution in [0.15, 0.2) is 18.3 Å². The predicted octanol–water partition coefficient (Wildman–Crippen LogP) is 3.18. The number of pyridine rings is 1. The third-order valence-corrected chi connectivity index (χ3v) is 4.50. The molecule has 0 amide bonds. The molecule has 2 aliphatic carbocycles. The Hall–Kier alpha value is -0.890. The summed E-state index contributed by atoms with van der Waals surface area (Å²) in [6.07, 6.45) is 8.95. The topological polar surface area (TPSA) is 33.1 Å². The molecule has 2 aliphatic rings. The first kappa shape index (κ1) is 11.2. The van der Waals surface area contributed by atoms with Crippen LogP contribution in [0.3, 0.4) is 0 Å². The van der Waals surface area contributed by atoms with Crippen LogP contribution in [0.1, 0.15) is 49.8 Å². The van der Waals surface area contributed by atoms with Crippen molar-refractivity contribution in [1.29, 1.82) is 0 Å². The lowest BCUT2D eigenvalue weighted by atomic mass is 9.73. The lowest BCUT2D eigenvalue weighted by molar-refractivity contribution is -0.0254. The van der Waals surface area contributed by atoms with Gasteiger partial charge >= 0.3 is 0 Å². The number of aliphatic hydroxyl groups is 1. The molecule has 1 heterocycles. The van der Waals surface area contributed by atoms with Crippen molar-refractivity contribution >= 4 is 0 Å². The van der Waals surface area contributed by atoms with Gasteiger partial charge in [-0.2, -0.15) is 0 Å². The molecule has 0 spiro atoms. The summed E-state index contributed by atoms with van der Waals surface area (Å²) in [5.74, 6) is 1.65. The van der Waals surface area contributed by atoms with Crippen LogP contribution in [0.2, 0.25) is 0 Å². The Kier molecular flexibility index (Phi) is 2.70. The minimum atomic E-state index is -0.605. The summed E-state index contributed by atoms with van der Waals surface area (Å²) >= 11 is 0. The molecule has 2 nitrogen and oxygen atoms in total. The molecule has 3 rings (SSSR count). The van der Waals surface area contributed by atoms with Gasteiger partial charge in [-0.05, 0) is 63.4 Å². The van der Waals surface area contributed by atoms with Gasteiger partial charge < -0.3 is 5.11 Å². The predicted molar refractivity (Wildman–Crippen MR) is 67.6 cm³/mol. The number of hydrogen-bond acceptors (Lipinski definition) is 2. The van der Waals surface area contributed by atoms with Gasteiger partial charge in [-0.15, -0.1) is 0 Å². The van der Waals surface area contributed by atoms with E-state index in [1.807, 2.05) is 19.2 Å². The summed E-state index contributed by atoms with van der Waals surface area (Å²) in [5, 5.41) is 10.8. The summed E-state index contributed by atoms with van der Waals surface area (Å²) in [6.45, 7) is 1.99. The Labute approximate surface area is 103 Å². The van der Waals surface area contributed by atoms with Crippen molar-refractivity contribution in [3.63, 3.8) is 0 Å². The molecule has 0 saturated heterocycles. The van der Waals surface area contributed by atoms with Crippen LogP contribution in [-0.4, -0.2) is 10.1 Å². The van der Waals surface area contributed by atoms with E-state index in [1.165, 1.54) is 19.3 Å². The zero-order valence-corrected chi connectivity index (χ0v) is 10.5. The van der Waals surface area contributed by atoms with Gasteiger partial charge in [0.2, 0.25) is 0 Å². The fourth-order valence-electron chi connectivity index (χ4n) is 3.27. The van der Waals surface area contributed by atoms with Crippen molar-refractivity contribution in [2.24, 2.45) is 11.8 Å². The molecule has 0 radical (unpaired) electrons. The maximum Gasteiger partial charge on any atom is 0.0914 e. The number of nitrogens with zero attached hydrogens (tertiary/aromatic N) is 1. The van der Waals surface area contributed by atoms with Crippen molar-refractivity contribution in [2.75, 3.05) is 0 Å². The maximum absolute atomic E-state index is 10.8. The molecule has 0 bridgehead atoms.